The van der Waals surface area contributed by atoms with Crippen LogP contribution in [0.3, 0.4) is 0 Å². The summed E-state index contributed by atoms with van der Waals surface area (Å²) in [4.78, 5) is 12.3. The van der Waals surface area contributed by atoms with Crippen LogP contribution in [0, 0.1) is 0 Å². The third kappa shape index (κ3) is 5.75. The van der Waals surface area contributed by atoms with Gasteiger partial charge in [-0.05, 0) is 54.8 Å². The molecule has 2 aromatic carbocycles. The minimum Gasteiger partial charge on any atom is -0.352 e. The maximum absolute atomic E-state index is 12.3. The van der Waals surface area contributed by atoms with E-state index in [0.29, 0.717) is 30.8 Å². The van der Waals surface area contributed by atoms with Crippen LogP contribution in [0.25, 0.3) is 0 Å². The van der Waals surface area contributed by atoms with Crippen LogP contribution in [0.15, 0.2) is 54.6 Å². The minimum atomic E-state index is -3.22. The third-order valence-corrected chi connectivity index (χ3v) is 7.61. The molecular weight excluding hydrogens is 392 g/mol. The van der Waals surface area contributed by atoms with E-state index in [9.17, 15) is 13.2 Å². The molecule has 1 N–H and O–H groups in total. The van der Waals surface area contributed by atoms with Crippen molar-refractivity contribution >= 4 is 33.4 Å². The number of nitrogens with zero attached hydrogens (tertiary/aromatic N) is 1. The minimum absolute atomic E-state index is 0.124. The van der Waals surface area contributed by atoms with Crippen LogP contribution >= 0.6 is 11.8 Å². The first-order chi connectivity index (χ1) is 13.6. The average Bonchev–Trinajstić information content (AvgIpc) is 2.71. The van der Waals surface area contributed by atoms with Gasteiger partial charge in [-0.25, -0.2) is 8.42 Å². The lowest BCUT2D eigenvalue weighted by Gasteiger charge is -2.28. The van der Waals surface area contributed by atoms with Crippen LogP contribution in [0.5, 0.6) is 0 Å². The molecule has 1 aliphatic rings. The lowest BCUT2D eigenvalue weighted by atomic mass is 10.2. The number of sulfonamides is 1. The predicted molar refractivity (Wildman–Crippen MR) is 116 cm³/mol. The number of carbonyl (C=O) groups excluding carboxylic acids is 1. The molecule has 1 fully saturated rings. The van der Waals surface area contributed by atoms with Crippen molar-refractivity contribution in [1.29, 1.82) is 0 Å². The molecule has 1 amide bonds. The Morgan fingerprint density at radius 3 is 2.50 bits per heavy atom. The van der Waals surface area contributed by atoms with E-state index in [4.69, 9.17) is 0 Å². The van der Waals surface area contributed by atoms with Crippen molar-refractivity contribution < 1.29 is 13.2 Å². The van der Waals surface area contributed by atoms with Crippen LogP contribution in [0.2, 0.25) is 0 Å². The van der Waals surface area contributed by atoms with E-state index >= 15 is 0 Å². The highest BCUT2D eigenvalue weighted by Gasteiger charge is 2.25. The Morgan fingerprint density at radius 2 is 1.79 bits per heavy atom. The fraction of sp³-hybridized carbons (Fsp3) is 0.381. The monoisotopic (exact) mass is 418 g/mol. The standard InChI is InChI=1S/C21H26N2O3S2/c24-21(22-13-6-15-27-17-18-7-2-1-3-8-18)19-9-11-20(12-10-19)23-14-4-5-16-28(23,25)26/h1-3,7-12H,4-6,13-17H2,(H,22,24). The molecule has 1 saturated heterocycles. The van der Waals surface area contributed by atoms with Gasteiger partial charge >= 0.3 is 0 Å². The van der Waals surface area contributed by atoms with Gasteiger partial charge in [0.15, 0.2) is 0 Å². The fourth-order valence-electron chi connectivity index (χ4n) is 3.10. The quantitative estimate of drug-likeness (QED) is 0.664. The van der Waals surface area contributed by atoms with Gasteiger partial charge in [-0.1, -0.05) is 30.3 Å². The smallest absolute Gasteiger partial charge is 0.251 e. The SMILES string of the molecule is O=C(NCCCSCc1ccccc1)c1ccc(N2CCCCS2(=O)=O)cc1. The van der Waals surface area contributed by atoms with Crippen LogP contribution in [0.1, 0.15) is 35.2 Å². The number of rotatable bonds is 8. The molecule has 0 atom stereocenters. The first kappa shape index (κ1) is 20.7. The second-order valence-corrected chi connectivity index (χ2v) is 9.91. The molecule has 0 aliphatic carbocycles. The Kier molecular flexibility index (Phi) is 7.39. The summed E-state index contributed by atoms with van der Waals surface area (Å²) in [7, 11) is -3.22. The highest BCUT2D eigenvalue weighted by molar-refractivity contribution is 7.98. The Bertz CT molecular complexity index is 868. The Labute approximate surface area is 171 Å². The van der Waals surface area contributed by atoms with Crippen molar-refractivity contribution in [1.82, 2.24) is 5.32 Å². The molecule has 0 radical (unpaired) electrons. The van der Waals surface area contributed by atoms with Crippen molar-refractivity contribution in [2.24, 2.45) is 0 Å². The van der Waals surface area contributed by atoms with Gasteiger partial charge in [0.1, 0.15) is 0 Å². The van der Waals surface area contributed by atoms with E-state index in [-0.39, 0.29) is 11.7 Å². The van der Waals surface area contributed by atoms with Gasteiger partial charge in [0, 0.05) is 24.4 Å². The summed E-state index contributed by atoms with van der Waals surface area (Å²) >= 11 is 1.86. The Balaban J connectivity index is 1.41. The third-order valence-electron chi connectivity index (χ3n) is 4.63. The highest BCUT2D eigenvalue weighted by Crippen LogP contribution is 2.23. The topological polar surface area (TPSA) is 66.5 Å². The van der Waals surface area contributed by atoms with E-state index in [1.807, 2.05) is 30.0 Å². The first-order valence-corrected chi connectivity index (χ1v) is 12.3. The van der Waals surface area contributed by atoms with Gasteiger partial charge in [0.05, 0.1) is 11.4 Å². The summed E-state index contributed by atoms with van der Waals surface area (Å²) in [5.41, 5.74) is 2.50. The molecule has 7 heteroatoms. The van der Waals surface area contributed by atoms with Crippen molar-refractivity contribution in [3.05, 3.63) is 65.7 Å². The molecule has 0 aromatic heterocycles. The number of thioether (sulfide) groups is 1. The van der Waals surface area contributed by atoms with Gasteiger partial charge in [0.2, 0.25) is 10.0 Å². The van der Waals surface area contributed by atoms with E-state index < -0.39 is 10.0 Å². The maximum atomic E-state index is 12.3. The van der Waals surface area contributed by atoms with Crippen LogP contribution in [-0.4, -0.2) is 38.9 Å². The zero-order valence-electron chi connectivity index (χ0n) is 15.8. The molecular formula is C21H26N2O3S2. The number of amides is 1. The van der Waals surface area contributed by atoms with Crippen molar-refractivity contribution in [3.8, 4) is 0 Å². The molecule has 0 saturated carbocycles. The van der Waals surface area contributed by atoms with Gasteiger partial charge in [-0.3, -0.25) is 9.10 Å². The summed E-state index contributed by atoms with van der Waals surface area (Å²) in [5, 5.41) is 2.93. The van der Waals surface area contributed by atoms with Crippen molar-refractivity contribution in [3.63, 3.8) is 0 Å². The molecule has 28 heavy (non-hydrogen) atoms. The molecule has 1 aliphatic heterocycles. The number of anilines is 1. The molecule has 1 heterocycles. The summed E-state index contributed by atoms with van der Waals surface area (Å²) in [6.07, 6.45) is 2.49. The average molecular weight is 419 g/mol. The van der Waals surface area contributed by atoms with E-state index in [1.165, 1.54) is 9.87 Å². The number of nitrogens with one attached hydrogen (secondary N) is 1. The van der Waals surface area contributed by atoms with Gasteiger partial charge < -0.3 is 5.32 Å². The van der Waals surface area contributed by atoms with Crippen LogP contribution < -0.4 is 9.62 Å². The van der Waals surface area contributed by atoms with E-state index in [1.54, 1.807) is 24.3 Å². The van der Waals surface area contributed by atoms with Gasteiger partial charge in [0.25, 0.3) is 5.91 Å². The lowest BCUT2D eigenvalue weighted by molar-refractivity contribution is 0.0954. The normalized spacial score (nSPS) is 15.9. The summed E-state index contributed by atoms with van der Waals surface area (Å²) in [6.45, 7) is 1.14. The summed E-state index contributed by atoms with van der Waals surface area (Å²) < 4.78 is 25.8. The molecule has 0 bridgehead atoms. The highest BCUT2D eigenvalue weighted by atomic mass is 32.2. The second kappa shape index (κ2) is 9.98. The first-order valence-electron chi connectivity index (χ1n) is 9.57. The largest absolute Gasteiger partial charge is 0.352 e. The molecule has 2 aromatic rings. The molecule has 0 unspecified atom stereocenters. The second-order valence-electron chi connectivity index (χ2n) is 6.79. The molecule has 0 spiro atoms. The van der Waals surface area contributed by atoms with Gasteiger partial charge in [-0.2, -0.15) is 11.8 Å². The Hall–Kier alpha value is -1.99. The zero-order valence-corrected chi connectivity index (χ0v) is 17.5. The molecule has 150 valence electrons. The van der Waals surface area contributed by atoms with E-state index in [0.717, 1.165) is 24.3 Å². The number of benzene rings is 2. The number of hydrogen-bond donors (Lipinski definition) is 1. The van der Waals surface area contributed by atoms with Crippen molar-refractivity contribution in [2.45, 2.75) is 25.0 Å². The van der Waals surface area contributed by atoms with Crippen LogP contribution in [-0.2, 0) is 15.8 Å². The van der Waals surface area contributed by atoms with Gasteiger partial charge in [-0.15, -0.1) is 0 Å². The molecule has 5 nitrogen and oxygen atoms in total. The van der Waals surface area contributed by atoms with E-state index in [2.05, 4.69) is 17.4 Å². The zero-order chi connectivity index (χ0) is 19.8. The maximum Gasteiger partial charge on any atom is 0.251 e. The van der Waals surface area contributed by atoms with Crippen molar-refractivity contribution in [2.75, 3.05) is 28.9 Å². The fourth-order valence-corrected chi connectivity index (χ4v) is 5.66. The summed E-state index contributed by atoms with van der Waals surface area (Å²) in [6, 6.07) is 17.2. The molecule has 3 rings (SSSR count). The number of carbonyl (C=O) groups is 1. The summed E-state index contributed by atoms with van der Waals surface area (Å²) in [5.74, 6) is 2.04. The Morgan fingerprint density at radius 1 is 1.04 bits per heavy atom. The predicted octanol–water partition coefficient (Wildman–Crippen LogP) is 3.67. The number of hydrogen-bond acceptors (Lipinski definition) is 4. The van der Waals surface area contributed by atoms with Crippen LogP contribution in [0.4, 0.5) is 5.69 Å². The lowest BCUT2D eigenvalue weighted by Crippen LogP contribution is -2.37.